The normalized spacial score (nSPS) is 6.33. The van der Waals surface area contributed by atoms with Crippen molar-refractivity contribution in [2.24, 2.45) is 0 Å². The highest BCUT2D eigenvalue weighted by molar-refractivity contribution is 5.18. The van der Waals surface area contributed by atoms with Crippen molar-refractivity contribution in [3.8, 4) is 5.75 Å². The van der Waals surface area contributed by atoms with Crippen LogP contribution in [0.4, 0.5) is 0 Å². The van der Waals surface area contributed by atoms with Crippen molar-refractivity contribution < 1.29 is 15.0 Å². The number of rotatable bonds is 0. The number of aliphatic hydroxyl groups excluding tert-OH is 1. The minimum Gasteiger partial charge on any atom is -0.516 e. The van der Waals surface area contributed by atoms with Crippen molar-refractivity contribution in [2.75, 3.05) is 0 Å². The molecule has 0 unspecified atom stereocenters. The number of phenolic OH excluding ortho intramolecular Hbond substituents is 1. The zero-order chi connectivity index (χ0) is 9.82. The zero-order valence-corrected chi connectivity index (χ0v) is 6.68. The molecule has 0 atom stereocenters. The fourth-order valence-electron chi connectivity index (χ4n) is 0.428. The Morgan fingerprint density at radius 2 is 1.50 bits per heavy atom. The molecule has 0 radical (unpaired) electrons. The van der Waals surface area contributed by atoms with E-state index >= 15 is 0 Å². The van der Waals surface area contributed by atoms with Crippen LogP contribution in [0.25, 0.3) is 0 Å². The number of carbonyl (C=O) groups is 1. The van der Waals surface area contributed by atoms with Crippen molar-refractivity contribution in [1.29, 1.82) is 0 Å². The Morgan fingerprint density at radius 3 is 1.67 bits per heavy atom. The summed E-state index contributed by atoms with van der Waals surface area (Å²) in [5, 5.41) is 16.0. The minimum atomic E-state index is 0.322. The number of para-hydroxylation sites is 1. The summed E-state index contributed by atoms with van der Waals surface area (Å²) in [5.41, 5.74) is 0. The van der Waals surface area contributed by atoms with Crippen LogP contribution in [0, 0.1) is 0 Å². The molecule has 1 aromatic carbocycles. The third-order valence-corrected chi connectivity index (χ3v) is 0.756. The molecule has 0 heterocycles. The average Bonchev–Trinajstić information content (AvgIpc) is 2.11. The SMILES string of the molecule is C=CO.C=O.Oc1ccccc1. The predicted molar refractivity (Wildman–Crippen MR) is 48.1 cm³/mol. The summed E-state index contributed by atoms with van der Waals surface area (Å²) in [6.45, 7) is 4.92. The summed E-state index contributed by atoms with van der Waals surface area (Å²) in [6, 6.07) is 8.71. The Kier molecular flexibility index (Phi) is 12.8. The molecule has 0 fully saturated rings. The summed E-state index contributed by atoms with van der Waals surface area (Å²) in [5.74, 6) is 0.322. The lowest BCUT2D eigenvalue weighted by molar-refractivity contribution is -0.0979. The molecular formula is C9H12O3. The van der Waals surface area contributed by atoms with Gasteiger partial charge in [-0.25, -0.2) is 0 Å². The number of aliphatic hydroxyl groups is 1. The van der Waals surface area contributed by atoms with Gasteiger partial charge in [0.15, 0.2) is 0 Å². The summed E-state index contributed by atoms with van der Waals surface area (Å²) in [4.78, 5) is 8.00. The molecule has 0 saturated heterocycles. The third kappa shape index (κ3) is 11.1. The van der Waals surface area contributed by atoms with Crippen LogP contribution in [0.1, 0.15) is 0 Å². The standard InChI is InChI=1S/C6H6O.C2H4O.CH2O/c7-6-4-2-1-3-5-6;1-2-3;1-2/h1-5,7H;2-3H,1H2;1H2. The van der Waals surface area contributed by atoms with Crippen molar-refractivity contribution in [2.45, 2.75) is 0 Å². The molecule has 12 heavy (non-hydrogen) atoms. The van der Waals surface area contributed by atoms with Gasteiger partial charge >= 0.3 is 0 Å². The quantitative estimate of drug-likeness (QED) is 0.581. The molecule has 0 aliphatic heterocycles. The Labute approximate surface area is 71.6 Å². The van der Waals surface area contributed by atoms with Gasteiger partial charge in [0.2, 0.25) is 0 Å². The first-order valence-corrected chi connectivity index (χ1v) is 3.09. The van der Waals surface area contributed by atoms with Crippen LogP contribution in [-0.2, 0) is 4.79 Å². The van der Waals surface area contributed by atoms with Crippen LogP contribution in [0.5, 0.6) is 5.75 Å². The summed E-state index contributed by atoms with van der Waals surface area (Å²) >= 11 is 0. The van der Waals surface area contributed by atoms with E-state index in [2.05, 4.69) is 6.58 Å². The molecule has 2 N–H and O–H groups in total. The van der Waals surface area contributed by atoms with Gasteiger partial charge in [-0.05, 0) is 12.1 Å². The highest BCUT2D eigenvalue weighted by Crippen LogP contribution is 2.02. The molecule has 0 amide bonds. The lowest BCUT2D eigenvalue weighted by Crippen LogP contribution is -1.56. The van der Waals surface area contributed by atoms with E-state index in [1.165, 1.54) is 0 Å². The van der Waals surface area contributed by atoms with E-state index in [9.17, 15) is 0 Å². The highest BCUT2D eigenvalue weighted by atomic mass is 16.3. The number of phenols is 1. The van der Waals surface area contributed by atoms with E-state index in [0.29, 0.717) is 5.75 Å². The van der Waals surface area contributed by atoms with E-state index in [-0.39, 0.29) is 0 Å². The van der Waals surface area contributed by atoms with E-state index in [4.69, 9.17) is 15.0 Å². The van der Waals surface area contributed by atoms with Crippen molar-refractivity contribution in [3.63, 3.8) is 0 Å². The molecule has 0 spiro atoms. The second-order valence-electron chi connectivity index (χ2n) is 1.52. The van der Waals surface area contributed by atoms with Crippen molar-refractivity contribution in [1.82, 2.24) is 0 Å². The van der Waals surface area contributed by atoms with Gasteiger partial charge in [0.05, 0.1) is 6.26 Å². The maximum atomic E-state index is 8.63. The first-order chi connectivity index (χ1) is 5.81. The van der Waals surface area contributed by atoms with Crippen LogP contribution < -0.4 is 0 Å². The van der Waals surface area contributed by atoms with Gasteiger partial charge in [0, 0.05) is 0 Å². The molecule has 1 aromatic rings. The molecule has 0 aliphatic rings. The molecule has 0 aliphatic carbocycles. The fraction of sp³-hybridized carbons (Fsp3) is 0. The van der Waals surface area contributed by atoms with Crippen molar-refractivity contribution in [3.05, 3.63) is 43.2 Å². The zero-order valence-electron chi connectivity index (χ0n) is 6.68. The van der Waals surface area contributed by atoms with Crippen LogP contribution in [-0.4, -0.2) is 17.0 Å². The Bertz CT molecular complexity index is 184. The van der Waals surface area contributed by atoms with E-state index in [1.807, 2.05) is 12.9 Å². The van der Waals surface area contributed by atoms with Crippen LogP contribution >= 0.6 is 0 Å². The molecule has 66 valence electrons. The first kappa shape index (κ1) is 12.9. The number of carbonyl (C=O) groups excluding carboxylic acids is 1. The van der Waals surface area contributed by atoms with E-state index < -0.39 is 0 Å². The molecule has 3 nitrogen and oxygen atoms in total. The first-order valence-electron chi connectivity index (χ1n) is 3.09. The van der Waals surface area contributed by atoms with Gasteiger partial charge in [-0.3, -0.25) is 0 Å². The number of hydrogen-bond acceptors (Lipinski definition) is 3. The van der Waals surface area contributed by atoms with Crippen LogP contribution in [0.15, 0.2) is 43.2 Å². The summed E-state index contributed by atoms with van der Waals surface area (Å²) in [6.07, 6.45) is 0.750. The molecule has 0 aromatic heterocycles. The van der Waals surface area contributed by atoms with Gasteiger partial charge in [0.1, 0.15) is 12.5 Å². The molecule has 0 bridgehead atoms. The average molecular weight is 168 g/mol. The largest absolute Gasteiger partial charge is 0.516 e. The Morgan fingerprint density at radius 1 is 1.17 bits per heavy atom. The van der Waals surface area contributed by atoms with Crippen LogP contribution in [0.2, 0.25) is 0 Å². The van der Waals surface area contributed by atoms with Gasteiger partial charge in [-0.2, -0.15) is 0 Å². The predicted octanol–water partition coefficient (Wildman–Crippen LogP) is 1.90. The Balaban J connectivity index is 0. The second kappa shape index (κ2) is 12.0. The minimum absolute atomic E-state index is 0.322. The molecule has 3 heteroatoms. The topological polar surface area (TPSA) is 57.5 Å². The van der Waals surface area contributed by atoms with E-state index in [0.717, 1.165) is 6.26 Å². The van der Waals surface area contributed by atoms with E-state index in [1.54, 1.807) is 24.3 Å². The monoisotopic (exact) mass is 168 g/mol. The highest BCUT2D eigenvalue weighted by Gasteiger charge is 1.74. The molecule has 0 saturated carbocycles. The third-order valence-electron chi connectivity index (χ3n) is 0.756. The fourth-order valence-corrected chi connectivity index (χ4v) is 0.428. The number of aromatic hydroxyl groups is 1. The van der Waals surface area contributed by atoms with Crippen LogP contribution in [0.3, 0.4) is 0 Å². The summed E-state index contributed by atoms with van der Waals surface area (Å²) < 4.78 is 0. The van der Waals surface area contributed by atoms with Gasteiger partial charge < -0.3 is 15.0 Å². The summed E-state index contributed by atoms with van der Waals surface area (Å²) in [7, 11) is 0. The number of hydrogen-bond donors (Lipinski definition) is 2. The van der Waals surface area contributed by atoms with Gasteiger partial charge in [-0.1, -0.05) is 24.8 Å². The lowest BCUT2D eigenvalue weighted by atomic mass is 10.3. The molecular weight excluding hydrogens is 156 g/mol. The number of benzene rings is 1. The maximum absolute atomic E-state index is 8.63. The lowest BCUT2D eigenvalue weighted by Gasteiger charge is -1.82. The Hall–Kier alpha value is -1.77. The van der Waals surface area contributed by atoms with Crippen molar-refractivity contribution >= 4 is 6.79 Å². The maximum Gasteiger partial charge on any atom is 0.115 e. The second-order valence-corrected chi connectivity index (χ2v) is 1.52. The van der Waals surface area contributed by atoms with Gasteiger partial charge in [-0.15, -0.1) is 0 Å². The molecule has 1 rings (SSSR count). The smallest absolute Gasteiger partial charge is 0.115 e. The van der Waals surface area contributed by atoms with Gasteiger partial charge in [0.25, 0.3) is 0 Å².